The van der Waals surface area contributed by atoms with E-state index in [1.807, 2.05) is 0 Å². The quantitative estimate of drug-likeness (QED) is 0.778. The molecule has 0 aliphatic carbocycles. The summed E-state index contributed by atoms with van der Waals surface area (Å²) in [5.74, 6) is -0.204. The lowest BCUT2D eigenvalue weighted by atomic mass is 10.0. The zero-order valence-electron chi connectivity index (χ0n) is 16.0. The van der Waals surface area contributed by atoms with Gasteiger partial charge in [-0.2, -0.15) is 18.3 Å². The monoisotopic (exact) mass is 409 g/mol. The van der Waals surface area contributed by atoms with Crippen molar-refractivity contribution in [3.05, 3.63) is 47.3 Å². The molecule has 1 unspecified atom stereocenters. The second-order valence-corrected chi connectivity index (χ2v) is 7.28. The normalized spacial score (nSPS) is 21.0. The molecule has 4 rings (SSSR count). The number of nitrogens with zero attached hydrogens (tertiary/aromatic N) is 3. The van der Waals surface area contributed by atoms with Gasteiger partial charge in [0.25, 0.3) is 5.91 Å². The number of likely N-dealkylation sites (tertiary alicyclic amines) is 1. The fraction of sp³-hybridized carbons (Fsp3) is 0.500. The molecule has 1 aromatic carbocycles. The smallest absolute Gasteiger partial charge is 0.348 e. The molecule has 1 amide bonds. The summed E-state index contributed by atoms with van der Waals surface area (Å²) in [6.45, 7) is 3.29. The van der Waals surface area contributed by atoms with E-state index < -0.39 is 18.0 Å². The van der Waals surface area contributed by atoms with Crippen LogP contribution in [-0.4, -0.2) is 52.7 Å². The number of ether oxygens (including phenoxy) is 2. The van der Waals surface area contributed by atoms with E-state index in [2.05, 4.69) is 5.10 Å². The molecule has 1 aromatic heterocycles. The van der Waals surface area contributed by atoms with Gasteiger partial charge in [-0.05, 0) is 44.4 Å². The first-order chi connectivity index (χ1) is 13.9. The maximum atomic E-state index is 13.2. The summed E-state index contributed by atoms with van der Waals surface area (Å²) in [5, 5.41) is 4.19. The van der Waals surface area contributed by atoms with Gasteiger partial charge in [0.1, 0.15) is 0 Å². The van der Waals surface area contributed by atoms with Gasteiger partial charge in [0.15, 0.2) is 6.29 Å². The zero-order chi connectivity index (χ0) is 20.6. The number of halogens is 3. The Morgan fingerprint density at radius 2 is 1.97 bits per heavy atom. The van der Waals surface area contributed by atoms with E-state index in [1.54, 1.807) is 11.8 Å². The lowest BCUT2D eigenvalue weighted by Crippen LogP contribution is -2.50. The molecule has 0 bridgehead atoms. The highest BCUT2D eigenvalue weighted by Crippen LogP contribution is 2.31. The first-order valence-corrected chi connectivity index (χ1v) is 9.62. The van der Waals surface area contributed by atoms with E-state index in [0.717, 1.165) is 31.4 Å². The second-order valence-electron chi connectivity index (χ2n) is 7.28. The highest BCUT2D eigenvalue weighted by atomic mass is 19.4. The molecule has 2 aromatic rings. The van der Waals surface area contributed by atoms with Crippen molar-refractivity contribution >= 4 is 5.91 Å². The van der Waals surface area contributed by atoms with Gasteiger partial charge in [0.05, 0.1) is 48.0 Å². The molecule has 1 atom stereocenters. The molecule has 0 N–H and O–H groups in total. The minimum Gasteiger partial charge on any atom is -0.348 e. The number of aromatic nitrogens is 2. The van der Waals surface area contributed by atoms with Crippen LogP contribution in [0.5, 0.6) is 0 Å². The molecule has 156 valence electrons. The molecule has 6 nitrogen and oxygen atoms in total. The Morgan fingerprint density at radius 1 is 1.21 bits per heavy atom. The van der Waals surface area contributed by atoms with Crippen LogP contribution in [0.3, 0.4) is 0 Å². The molecule has 2 aliphatic rings. The number of hydrogen-bond donors (Lipinski definition) is 0. The van der Waals surface area contributed by atoms with Crippen LogP contribution in [-0.2, 0) is 15.7 Å². The van der Waals surface area contributed by atoms with Gasteiger partial charge in [-0.25, -0.2) is 4.68 Å². The summed E-state index contributed by atoms with van der Waals surface area (Å²) < 4.78 is 51.7. The van der Waals surface area contributed by atoms with E-state index in [-0.39, 0.29) is 17.6 Å². The van der Waals surface area contributed by atoms with Crippen LogP contribution in [0, 0.1) is 6.92 Å². The lowest BCUT2D eigenvalue weighted by molar-refractivity contribution is -0.137. The van der Waals surface area contributed by atoms with Crippen molar-refractivity contribution in [3.63, 3.8) is 0 Å². The molecule has 0 saturated carbocycles. The van der Waals surface area contributed by atoms with E-state index in [1.165, 1.54) is 23.0 Å². The average molecular weight is 409 g/mol. The van der Waals surface area contributed by atoms with Crippen LogP contribution < -0.4 is 0 Å². The Morgan fingerprint density at radius 3 is 2.69 bits per heavy atom. The van der Waals surface area contributed by atoms with Crippen molar-refractivity contribution in [1.29, 1.82) is 0 Å². The van der Waals surface area contributed by atoms with E-state index in [9.17, 15) is 18.0 Å². The number of amides is 1. The maximum Gasteiger partial charge on any atom is 0.416 e. The second kappa shape index (κ2) is 7.79. The minimum atomic E-state index is -4.45. The van der Waals surface area contributed by atoms with Crippen molar-refractivity contribution in [2.45, 2.75) is 44.7 Å². The predicted molar refractivity (Wildman–Crippen MR) is 97.7 cm³/mol. The first kappa shape index (κ1) is 19.9. The van der Waals surface area contributed by atoms with Gasteiger partial charge < -0.3 is 14.4 Å². The minimum absolute atomic E-state index is 0.171. The van der Waals surface area contributed by atoms with E-state index in [0.29, 0.717) is 31.0 Å². The van der Waals surface area contributed by atoms with Crippen LogP contribution in [0.25, 0.3) is 5.69 Å². The number of rotatable bonds is 3. The van der Waals surface area contributed by atoms with Crippen molar-refractivity contribution in [1.82, 2.24) is 14.7 Å². The Kier molecular flexibility index (Phi) is 5.35. The summed E-state index contributed by atoms with van der Waals surface area (Å²) in [6, 6.07) is 4.73. The third kappa shape index (κ3) is 3.89. The summed E-state index contributed by atoms with van der Waals surface area (Å²) in [5.41, 5.74) is 0.359. The molecule has 2 aliphatic heterocycles. The van der Waals surface area contributed by atoms with Crippen LogP contribution in [0.15, 0.2) is 30.5 Å². The standard InChI is InChI=1S/C20H22F3N3O3/c1-13-16(12-24-26(13)15-6-4-5-14(11-15)20(21,22)23)18(27)25-8-3-2-7-17(25)19-28-9-10-29-19/h4-6,11-12,17,19H,2-3,7-10H2,1H3. The van der Waals surface area contributed by atoms with Gasteiger partial charge in [-0.1, -0.05) is 6.07 Å². The fourth-order valence-corrected chi connectivity index (χ4v) is 3.94. The van der Waals surface area contributed by atoms with Crippen molar-refractivity contribution in [3.8, 4) is 5.69 Å². The molecule has 29 heavy (non-hydrogen) atoms. The molecule has 0 radical (unpaired) electrons. The van der Waals surface area contributed by atoms with E-state index >= 15 is 0 Å². The molecular weight excluding hydrogens is 387 g/mol. The third-order valence-electron chi connectivity index (χ3n) is 5.43. The molecule has 3 heterocycles. The van der Waals surface area contributed by atoms with Gasteiger partial charge in [0.2, 0.25) is 0 Å². The predicted octanol–water partition coefficient (Wildman–Crippen LogP) is 3.57. The number of piperidine rings is 1. The third-order valence-corrected chi connectivity index (χ3v) is 5.43. The average Bonchev–Trinajstić information content (AvgIpc) is 3.37. The van der Waals surface area contributed by atoms with Gasteiger partial charge in [-0.15, -0.1) is 0 Å². The highest BCUT2D eigenvalue weighted by molar-refractivity contribution is 5.95. The molecular formula is C20H22F3N3O3. The van der Waals surface area contributed by atoms with Crippen molar-refractivity contribution in [2.75, 3.05) is 19.8 Å². The summed E-state index contributed by atoms with van der Waals surface area (Å²) in [4.78, 5) is 15.0. The topological polar surface area (TPSA) is 56.6 Å². The zero-order valence-corrected chi connectivity index (χ0v) is 16.0. The number of benzene rings is 1. The summed E-state index contributed by atoms with van der Waals surface area (Å²) >= 11 is 0. The number of carbonyl (C=O) groups is 1. The molecule has 0 spiro atoms. The maximum absolute atomic E-state index is 13.2. The summed E-state index contributed by atoms with van der Waals surface area (Å²) in [7, 11) is 0. The Hall–Kier alpha value is -2.39. The Labute approximate surface area is 166 Å². The molecule has 2 saturated heterocycles. The molecule has 9 heteroatoms. The Balaban J connectivity index is 1.62. The van der Waals surface area contributed by atoms with Crippen LogP contribution in [0.2, 0.25) is 0 Å². The lowest BCUT2D eigenvalue weighted by Gasteiger charge is -2.37. The summed E-state index contributed by atoms with van der Waals surface area (Å²) in [6.07, 6.45) is -0.802. The van der Waals surface area contributed by atoms with Crippen molar-refractivity contribution in [2.24, 2.45) is 0 Å². The highest BCUT2D eigenvalue weighted by Gasteiger charge is 2.37. The Bertz CT molecular complexity index is 891. The number of alkyl halides is 3. The number of carbonyl (C=O) groups excluding carboxylic acids is 1. The first-order valence-electron chi connectivity index (χ1n) is 9.62. The largest absolute Gasteiger partial charge is 0.416 e. The van der Waals surface area contributed by atoms with Crippen LogP contribution in [0.4, 0.5) is 13.2 Å². The van der Waals surface area contributed by atoms with Crippen LogP contribution >= 0.6 is 0 Å². The van der Waals surface area contributed by atoms with Crippen molar-refractivity contribution < 1.29 is 27.4 Å². The van der Waals surface area contributed by atoms with Gasteiger partial charge >= 0.3 is 6.18 Å². The SMILES string of the molecule is Cc1c(C(=O)N2CCCCC2C2OCCO2)cnn1-c1cccc(C(F)(F)F)c1. The molecule has 2 fully saturated rings. The van der Waals surface area contributed by atoms with E-state index in [4.69, 9.17) is 9.47 Å². The van der Waals surface area contributed by atoms with Gasteiger partial charge in [0, 0.05) is 6.54 Å². The fourth-order valence-electron chi connectivity index (χ4n) is 3.94. The van der Waals surface area contributed by atoms with Gasteiger partial charge in [-0.3, -0.25) is 4.79 Å². The number of hydrogen-bond acceptors (Lipinski definition) is 4. The van der Waals surface area contributed by atoms with Crippen LogP contribution in [0.1, 0.15) is 40.9 Å².